The Hall–Kier alpha value is -2.79. The summed E-state index contributed by atoms with van der Waals surface area (Å²) in [6, 6.07) is 11.1. The zero-order chi connectivity index (χ0) is 28.9. The van der Waals surface area contributed by atoms with Crippen LogP contribution in [0, 0.1) is 35.1 Å². The van der Waals surface area contributed by atoms with Crippen molar-refractivity contribution in [2.45, 2.75) is 67.3 Å². The molecule has 2 bridgehead atoms. The van der Waals surface area contributed by atoms with E-state index in [-0.39, 0.29) is 35.4 Å². The number of anilines is 1. The number of amides is 1. The lowest BCUT2D eigenvalue weighted by atomic mass is 9.53. The van der Waals surface area contributed by atoms with Crippen molar-refractivity contribution in [3.63, 3.8) is 0 Å². The summed E-state index contributed by atoms with van der Waals surface area (Å²) in [6.07, 6.45) is 4.45. The number of carbonyl (C=O) groups is 1. The molecule has 0 aromatic heterocycles. The molecule has 0 unspecified atom stereocenters. The SMILES string of the molecule is O=C1C[C@@H]2OCC=C3CN4CC[C@]56c7cc([S+]8c9cc(F)c(F)cc9Sc9cc(F)c(F)cc98)ccc7N1[C@H]5[C@H]2[C@H]3C[C@H]46. The smallest absolute Gasteiger partial charge is 0.229 e. The molecule has 10 heteroatoms. The zero-order valence-electron chi connectivity index (χ0n) is 22.8. The molecule has 0 N–H and O–H groups in total. The highest BCUT2D eigenvalue weighted by atomic mass is 32.2. The average Bonchev–Trinajstić information content (AvgIpc) is 3.45. The summed E-state index contributed by atoms with van der Waals surface area (Å²) in [7, 11) is -1.02. The largest absolute Gasteiger partial charge is 0.373 e. The van der Waals surface area contributed by atoms with Crippen molar-refractivity contribution in [1.29, 1.82) is 0 Å². The maximum Gasteiger partial charge on any atom is 0.229 e. The van der Waals surface area contributed by atoms with Crippen LogP contribution < -0.4 is 4.90 Å². The minimum absolute atomic E-state index is 0.0116. The van der Waals surface area contributed by atoms with Crippen molar-refractivity contribution in [1.82, 2.24) is 4.90 Å². The van der Waals surface area contributed by atoms with E-state index in [9.17, 15) is 22.4 Å². The fourth-order valence-corrected chi connectivity index (χ4v) is 13.4. The van der Waals surface area contributed by atoms with Gasteiger partial charge in [-0.25, -0.2) is 17.6 Å². The number of ether oxygens (including phenoxy) is 1. The number of benzene rings is 3. The van der Waals surface area contributed by atoms with Crippen molar-refractivity contribution in [2.24, 2.45) is 11.8 Å². The van der Waals surface area contributed by atoms with E-state index in [0.717, 1.165) is 66.0 Å². The summed E-state index contributed by atoms with van der Waals surface area (Å²) in [4.78, 5) is 21.4. The van der Waals surface area contributed by atoms with Gasteiger partial charge >= 0.3 is 0 Å². The molecule has 1 spiro atoms. The average molecular weight is 622 g/mol. The van der Waals surface area contributed by atoms with Crippen LogP contribution in [0.2, 0.25) is 0 Å². The highest BCUT2D eigenvalue weighted by molar-refractivity contribution is 8.04. The van der Waals surface area contributed by atoms with Crippen molar-refractivity contribution < 1.29 is 27.1 Å². The van der Waals surface area contributed by atoms with E-state index in [0.29, 0.717) is 38.5 Å². The quantitative estimate of drug-likeness (QED) is 0.144. The number of hydrogen-bond donors (Lipinski definition) is 0. The van der Waals surface area contributed by atoms with Gasteiger partial charge in [0.1, 0.15) is 10.9 Å². The van der Waals surface area contributed by atoms with E-state index in [2.05, 4.69) is 21.9 Å². The number of hydrogen-bond acceptors (Lipinski definition) is 4. The molecule has 6 heterocycles. The Morgan fingerprint density at radius 2 is 1.67 bits per heavy atom. The van der Waals surface area contributed by atoms with E-state index >= 15 is 0 Å². The molecule has 1 aliphatic carbocycles. The second kappa shape index (κ2) is 8.47. The van der Waals surface area contributed by atoms with Gasteiger partial charge in [-0.05, 0) is 55.1 Å². The highest BCUT2D eigenvalue weighted by Gasteiger charge is 2.71. The molecule has 6 atom stereocenters. The molecule has 43 heavy (non-hydrogen) atoms. The van der Waals surface area contributed by atoms with Crippen LogP contribution in [0.1, 0.15) is 24.8 Å². The molecule has 1 amide bonds. The van der Waals surface area contributed by atoms with E-state index in [1.54, 1.807) is 0 Å². The van der Waals surface area contributed by atoms with Crippen LogP contribution >= 0.6 is 11.8 Å². The Bertz CT molecular complexity index is 1790. The van der Waals surface area contributed by atoms with Crippen molar-refractivity contribution in [3.05, 3.63) is 82.9 Å². The Morgan fingerprint density at radius 3 is 2.42 bits per heavy atom. The van der Waals surface area contributed by atoms with Crippen LogP contribution in [0.4, 0.5) is 23.2 Å². The molecular weight excluding hydrogens is 597 g/mol. The third kappa shape index (κ3) is 3.11. The molecule has 7 aliphatic rings. The summed E-state index contributed by atoms with van der Waals surface area (Å²) in [5.74, 6) is -3.21. The molecule has 4 fully saturated rings. The maximum atomic E-state index is 14.7. The molecule has 1 saturated carbocycles. The summed E-state index contributed by atoms with van der Waals surface area (Å²) < 4.78 is 64.7. The molecule has 3 saturated heterocycles. The summed E-state index contributed by atoms with van der Waals surface area (Å²) >= 11 is 1.13. The predicted molar refractivity (Wildman–Crippen MR) is 152 cm³/mol. The summed E-state index contributed by atoms with van der Waals surface area (Å²) in [5.41, 5.74) is 3.21. The van der Waals surface area contributed by atoms with Gasteiger partial charge in [0.15, 0.2) is 38.0 Å². The lowest BCUT2D eigenvalue weighted by Gasteiger charge is -2.58. The Morgan fingerprint density at radius 1 is 0.953 bits per heavy atom. The number of fused-ring (bicyclic) bond motifs is 4. The van der Waals surface area contributed by atoms with Gasteiger partial charge in [-0.3, -0.25) is 9.69 Å². The molecule has 10 rings (SSSR count). The predicted octanol–water partition coefficient (Wildman–Crippen LogP) is 6.21. The van der Waals surface area contributed by atoms with Gasteiger partial charge in [0.05, 0.1) is 35.0 Å². The normalized spacial score (nSPS) is 33.1. The first-order chi connectivity index (χ1) is 20.8. The highest BCUT2D eigenvalue weighted by Crippen LogP contribution is 2.66. The Labute approximate surface area is 252 Å². The zero-order valence-corrected chi connectivity index (χ0v) is 24.4. The fraction of sp³-hybridized carbons (Fsp3) is 0.364. The van der Waals surface area contributed by atoms with Crippen molar-refractivity contribution >= 4 is 34.3 Å². The van der Waals surface area contributed by atoms with Crippen LogP contribution in [0.3, 0.4) is 0 Å². The van der Waals surface area contributed by atoms with Gasteiger partial charge in [0.25, 0.3) is 0 Å². The molecular formula is C33H25F4N2O2S2+. The number of nitrogens with zero attached hydrogens (tertiary/aromatic N) is 2. The Kier molecular flexibility index (Phi) is 5.03. The van der Waals surface area contributed by atoms with Gasteiger partial charge in [0, 0.05) is 47.8 Å². The minimum atomic E-state index is -1.02. The maximum absolute atomic E-state index is 14.7. The van der Waals surface area contributed by atoms with Crippen LogP contribution in [0.5, 0.6) is 0 Å². The molecule has 218 valence electrons. The van der Waals surface area contributed by atoms with Gasteiger partial charge in [-0.1, -0.05) is 23.4 Å². The number of piperidine rings is 2. The second-order valence-electron chi connectivity index (χ2n) is 12.8. The van der Waals surface area contributed by atoms with Gasteiger partial charge in [-0.2, -0.15) is 0 Å². The van der Waals surface area contributed by atoms with Crippen LogP contribution in [-0.4, -0.2) is 48.7 Å². The van der Waals surface area contributed by atoms with E-state index in [1.165, 1.54) is 17.7 Å². The first-order valence-electron chi connectivity index (χ1n) is 14.7. The van der Waals surface area contributed by atoms with E-state index in [4.69, 9.17) is 4.74 Å². The molecule has 4 nitrogen and oxygen atoms in total. The molecule has 3 aromatic carbocycles. The molecule has 6 aliphatic heterocycles. The van der Waals surface area contributed by atoms with Crippen LogP contribution in [0.25, 0.3) is 0 Å². The van der Waals surface area contributed by atoms with E-state index in [1.807, 2.05) is 12.1 Å². The van der Waals surface area contributed by atoms with Crippen LogP contribution in [-0.2, 0) is 25.8 Å². The monoisotopic (exact) mass is 621 g/mol. The second-order valence-corrected chi connectivity index (χ2v) is 15.8. The fourth-order valence-electron chi connectivity index (χ4n) is 9.65. The number of carbonyl (C=O) groups excluding carboxylic acids is 1. The first-order valence-corrected chi connectivity index (χ1v) is 16.8. The van der Waals surface area contributed by atoms with Gasteiger partial charge < -0.3 is 9.64 Å². The minimum Gasteiger partial charge on any atom is -0.373 e. The summed E-state index contributed by atoms with van der Waals surface area (Å²) in [5, 5.41) is 0. The van der Waals surface area contributed by atoms with E-state index < -0.39 is 34.2 Å². The summed E-state index contributed by atoms with van der Waals surface area (Å²) in [6.45, 7) is 2.42. The lowest BCUT2D eigenvalue weighted by Crippen LogP contribution is -2.69. The third-order valence-electron chi connectivity index (χ3n) is 11.1. The Balaban J connectivity index is 1.20. The van der Waals surface area contributed by atoms with Crippen molar-refractivity contribution in [3.8, 4) is 0 Å². The molecule has 3 aromatic rings. The topological polar surface area (TPSA) is 32.8 Å². The third-order valence-corrected chi connectivity index (χ3v) is 14.8. The van der Waals surface area contributed by atoms with Gasteiger partial charge in [0.2, 0.25) is 5.91 Å². The van der Waals surface area contributed by atoms with Crippen molar-refractivity contribution in [2.75, 3.05) is 24.6 Å². The van der Waals surface area contributed by atoms with Gasteiger partial charge in [-0.15, -0.1) is 0 Å². The lowest BCUT2D eigenvalue weighted by molar-refractivity contribution is -0.132. The van der Waals surface area contributed by atoms with Crippen LogP contribution in [0.15, 0.2) is 78.6 Å². The standard InChI is InChI=1S/C33H25F4N2O2S2/c34-19-9-25-27(11-21(19)36)43(28-12-22(37)20(35)10-26(28)42-25)16-1-2-23-18(7-16)33-4-5-38-14-15-3-6-41-24-13-30(40)39(23)32(33)31(24)17(15)8-29(33)38/h1-3,7,9-12,17,24,29,31-32H,4-6,8,13-14H2/q+1/t17-,24-,29-,31-,32-,33+/m0/s1. The molecule has 0 radical (unpaired) electrons. The number of rotatable bonds is 1. The first kappa shape index (κ1) is 25.5. The number of halogens is 4.